The molecule has 7 nitrogen and oxygen atoms in total. The lowest BCUT2D eigenvalue weighted by molar-refractivity contribution is -0.115. The fourth-order valence-electron chi connectivity index (χ4n) is 2.62. The number of anilines is 1. The van der Waals surface area contributed by atoms with E-state index in [1.807, 2.05) is 0 Å². The molecule has 0 fully saturated rings. The molecule has 0 saturated carbocycles. The van der Waals surface area contributed by atoms with E-state index in [1.54, 1.807) is 36.4 Å². The second-order valence-electron chi connectivity index (χ2n) is 5.76. The van der Waals surface area contributed by atoms with Crippen LogP contribution in [0.3, 0.4) is 0 Å². The lowest BCUT2D eigenvalue weighted by Gasteiger charge is -2.11. The molecule has 9 heteroatoms. The number of halogens is 1. The number of nitrogens with one attached hydrogen (secondary N) is 1. The molecular formula is C18H16ClN3O4S. The SMILES string of the molecule is COc1ccc2c(S(N)(=O)=O)cc(NC(=O)Cc3ccccc3Cl)cc2n1. The van der Waals surface area contributed by atoms with Crippen molar-refractivity contribution < 1.29 is 17.9 Å². The number of methoxy groups -OCH3 is 1. The van der Waals surface area contributed by atoms with E-state index in [1.165, 1.54) is 19.2 Å². The summed E-state index contributed by atoms with van der Waals surface area (Å²) in [5.74, 6) is -0.0480. The second kappa shape index (κ2) is 7.51. The van der Waals surface area contributed by atoms with Crippen molar-refractivity contribution >= 4 is 44.1 Å². The molecule has 0 aliphatic carbocycles. The van der Waals surface area contributed by atoms with E-state index in [0.717, 1.165) is 0 Å². The first-order valence-corrected chi connectivity index (χ1v) is 9.75. The molecule has 0 radical (unpaired) electrons. The molecule has 0 saturated heterocycles. The number of pyridine rings is 1. The Labute approximate surface area is 161 Å². The van der Waals surface area contributed by atoms with Crippen molar-refractivity contribution in [1.29, 1.82) is 0 Å². The molecule has 1 aromatic heterocycles. The Balaban J connectivity index is 1.98. The predicted octanol–water partition coefficient (Wildman–Crippen LogP) is 2.73. The summed E-state index contributed by atoms with van der Waals surface area (Å²) in [5.41, 5.74) is 1.24. The van der Waals surface area contributed by atoms with Gasteiger partial charge in [-0.2, -0.15) is 0 Å². The summed E-state index contributed by atoms with van der Waals surface area (Å²) in [4.78, 5) is 16.4. The van der Waals surface area contributed by atoms with E-state index in [-0.39, 0.29) is 22.9 Å². The quantitative estimate of drug-likeness (QED) is 0.677. The molecule has 0 spiro atoms. The molecule has 2 aromatic carbocycles. The highest BCUT2D eigenvalue weighted by Crippen LogP contribution is 2.28. The maximum Gasteiger partial charge on any atom is 0.238 e. The zero-order chi connectivity index (χ0) is 19.6. The number of hydrogen-bond acceptors (Lipinski definition) is 5. The minimum atomic E-state index is -4.03. The summed E-state index contributed by atoms with van der Waals surface area (Å²) in [7, 11) is -2.58. The van der Waals surface area contributed by atoms with E-state index in [4.69, 9.17) is 21.5 Å². The maximum absolute atomic E-state index is 12.4. The number of benzene rings is 2. The highest BCUT2D eigenvalue weighted by molar-refractivity contribution is 7.89. The van der Waals surface area contributed by atoms with Crippen LogP contribution in [0.2, 0.25) is 5.02 Å². The molecule has 0 aliphatic heterocycles. The van der Waals surface area contributed by atoms with Gasteiger partial charge in [0.1, 0.15) is 0 Å². The number of sulfonamides is 1. The number of hydrogen-bond donors (Lipinski definition) is 2. The van der Waals surface area contributed by atoms with Crippen LogP contribution in [0.15, 0.2) is 53.4 Å². The Bertz CT molecular complexity index is 1130. The van der Waals surface area contributed by atoms with Crippen LogP contribution in [-0.2, 0) is 21.2 Å². The Morgan fingerprint density at radius 1 is 1.22 bits per heavy atom. The van der Waals surface area contributed by atoms with Crippen LogP contribution in [0.1, 0.15) is 5.56 Å². The van der Waals surface area contributed by atoms with Gasteiger partial charge >= 0.3 is 0 Å². The Morgan fingerprint density at radius 2 is 1.96 bits per heavy atom. The molecule has 3 rings (SSSR count). The average molecular weight is 406 g/mol. The number of nitrogens with zero attached hydrogens (tertiary/aromatic N) is 1. The van der Waals surface area contributed by atoms with Gasteiger partial charge in [0.25, 0.3) is 0 Å². The first-order chi connectivity index (χ1) is 12.8. The van der Waals surface area contributed by atoms with Gasteiger partial charge in [-0.25, -0.2) is 18.5 Å². The highest BCUT2D eigenvalue weighted by atomic mass is 35.5. The van der Waals surface area contributed by atoms with Crippen molar-refractivity contribution in [3.05, 3.63) is 59.1 Å². The minimum absolute atomic E-state index is 0.0357. The van der Waals surface area contributed by atoms with Gasteiger partial charge in [0.05, 0.1) is 23.9 Å². The van der Waals surface area contributed by atoms with E-state index in [0.29, 0.717) is 27.4 Å². The van der Waals surface area contributed by atoms with Crippen LogP contribution in [0.25, 0.3) is 10.9 Å². The van der Waals surface area contributed by atoms with Gasteiger partial charge in [-0.3, -0.25) is 4.79 Å². The van der Waals surface area contributed by atoms with Crippen LogP contribution >= 0.6 is 11.6 Å². The zero-order valence-electron chi connectivity index (χ0n) is 14.3. The number of rotatable bonds is 5. The van der Waals surface area contributed by atoms with E-state index in [2.05, 4.69) is 10.3 Å². The van der Waals surface area contributed by atoms with E-state index < -0.39 is 10.0 Å². The van der Waals surface area contributed by atoms with Gasteiger partial charge in [-0.05, 0) is 29.8 Å². The maximum atomic E-state index is 12.4. The van der Waals surface area contributed by atoms with Crippen molar-refractivity contribution in [2.24, 2.45) is 5.14 Å². The summed E-state index contributed by atoms with van der Waals surface area (Å²) in [6.07, 6.45) is 0.0357. The molecular weight excluding hydrogens is 390 g/mol. The third kappa shape index (κ3) is 4.36. The van der Waals surface area contributed by atoms with Crippen LogP contribution in [-0.4, -0.2) is 26.4 Å². The van der Waals surface area contributed by atoms with Gasteiger partial charge in [0, 0.05) is 22.2 Å². The zero-order valence-corrected chi connectivity index (χ0v) is 15.8. The standard InChI is InChI=1S/C18H16ClN3O4S/c1-26-18-7-6-13-15(22-18)9-12(10-16(13)27(20,24)25)21-17(23)8-11-4-2-3-5-14(11)19/h2-7,9-10H,8H2,1H3,(H,21,23)(H2,20,24,25). The predicted molar refractivity (Wildman–Crippen MR) is 103 cm³/mol. The summed E-state index contributed by atoms with van der Waals surface area (Å²) in [5, 5.41) is 8.79. The lowest BCUT2D eigenvalue weighted by Crippen LogP contribution is -2.17. The summed E-state index contributed by atoms with van der Waals surface area (Å²) < 4.78 is 29.0. The van der Waals surface area contributed by atoms with Crippen molar-refractivity contribution in [3.63, 3.8) is 0 Å². The van der Waals surface area contributed by atoms with Crippen LogP contribution < -0.4 is 15.2 Å². The molecule has 0 bridgehead atoms. The van der Waals surface area contributed by atoms with Gasteiger partial charge < -0.3 is 10.1 Å². The molecule has 0 atom stereocenters. The Hall–Kier alpha value is -2.68. The smallest absolute Gasteiger partial charge is 0.238 e. The van der Waals surface area contributed by atoms with Crippen LogP contribution in [0.4, 0.5) is 5.69 Å². The van der Waals surface area contributed by atoms with Crippen LogP contribution in [0.5, 0.6) is 5.88 Å². The molecule has 3 N–H and O–H groups in total. The number of fused-ring (bicyclic) bond motifs is 1. The molecule has 3 aromatic rings. The van der Waals surface area contributed by atoms with Crippen molar-refractivity contribution in [2.45, 2.75) is 11.3 Å². The van der Waals surface area contributed by atoms with Gasteiger partial charge in [0.15, 0.2) is 0 Å². The normalized spacial score (nSPS) is 11.4. The third-order valence-electron chi connectivity index (χ3n) is 3.85. The van der Waals surface area contributed by atoms with Crippen molar-refractivity contribution in [3.8, 4) is 5.88 Å². The number of primary sulfonamides is 1. The second-order valence-corrected chi connectivity index (χ2v) is 7.69. The van der Waals surface area contributed by atoms with Gasteiger partial charge in [-0.1, -0.05) is 29.8 Å². The summed E-state index contributed by atoms with van der Waals surface area (Å²) in [6.45, 7) is 0. The molecule has 0 aliphatic rings. The number of amides is 1. The number of carbonyl (C=O) groups is 1. The first kappa shape index (κ1) is 19.1. The molecule has 0 unspecified atom stereocenters. The lowest BCUT2D eigenvalue weighted by atomic mass is 10.1. The molecule has 1 heterocycles. The summed E-state index contributed by atoms with van der Waals surface area (Å²) >= 11 is 6.07. The van der Waals surface area contributed by atoms with Gasteiger partial charge in [0.2, 0.25) is 21.8 Å². The highest BCUT2D eigenvalue weighted by Gasteiger charge is 2.17. The van der Waals surface area contributed by atoms with Gasteiger partial charge in [-0.15, -0.1) is 0 Å². The first-order valence-electron chi connectivity index (χ1n) is 7.83. The Kier molecular flexibility index (Phi) is 5.31. The number of nitrogens with two attached hydrogens (primary N) is 1. The van der Waals surface area contributed by atoms with Crippen LogP contribution in [0, 0.1) is 0 Å². The molecule has 1 amide bonds. The van der Waals surface area contributed by atoms with Crippen molar-refractivity contribution in [2.75, 3.05) is 12.4 Å². The summed E-state index contributed by atoms with van der Waals surface area (Å²) in [6, 6.07) is 12.9. The molecule has 140 valence electrons. The monoisotopic (exact) mass is 405 g/mol. The number of aromatic nitrogens is 1. The van der Waals surface area contributed by atoms with Crippen molar-refractivity contribution in [1.82, 2.24) is 4.98 Å². The average Bonchev–Trinajstić information content (AvgIpc) is 2.61. The number of ether oxygens (including phenoxy) is 1. The largest absolute Gasteiger partial charge is 0.481 e. The fraction of sp³-hybridized carbons (Fsp3) is 0.111. The van der Waals surface area contributed by atoms with E-state index in [9.17, 15) is 13.2 Å². The topological polar surface area (TPSA) is 111 Å². The van der Waals surface area contributed by atoms with E-state index >= 15 is 0 Å². The minimum Gasteiger partial charge on any atom is -0.481 e. The number of carbonyl (C=O) groups excluding carboxylic acids is 1. The third-order valence-corrected chi connectivity index (χ3v) is 5.17. The molecule has 27 heavy (non-hydrogen) atoms. The fourth-order valence-corrected chi connectivity index (χ4v) is 3.60. The Morgan fingerprint density at radius 3 is 2.63 bits per heavy atom.